The molecule has 2 fully saturated rings. The van der Waals surface area contributed by atoms with Gasteiger partial charge < -0.3 is 19.4 Å². The minimum absolute atomic E-state index is 0.0814. The predicted octanol–water partition coefficient (Wildman–Crippen LogP) is 5.48. The summed E-state index contributed by atoms with van der Waals surface area (Å²) in [6.07, 6.45) is 8.19. The molecule has 1 aliphatic carbocycles. The van der Waals surface area contributed by atoms with Gasteiger partial charge in [-0.3, -0.25) is 4.79 Å². The van der Waals surface area contributed by atoms with Crippen LogP contribution in [0.2, 0.25) is 0 Å². The molecule has 2 heterocycles. The number of hydrogen-bond donors (Lipinski definition) is 1. The summed E-state index contributed by atoms with van der Waals surface area (Å²) in [5.41, 5.74) is 0.817. The topological polar surface area (TPSA) is 101 Å². The number of rotatable bonds is 8. The molecule has 1 saturated heterocycles. The third kappa shape index (κ3) is 7.29. The number of likely N-dealkylation sites (tertiary alicyclic amines) is 1. The van der Waals surface area contributed by atoms with Crippen molar-refractivity contribution in [2.24, 2.45) is 5.92 Å². The van der Waals surface area contributed by atoms with Gasteiger partial charge in [0.15, 0.2) is 0 Å². The largest absolute Gasteiger partial charge is 0.443 e. The molecule has 9 heteroatoms. The van der Waals surface area contributed by atoms with E-state index in [-0.39, 0.29) is 17.8 Å². The first-order valence-electron chi connectivity index (χ1n) is 13.3. The molecule has 9 nitrogen and oxygen atoms in total. The first-order valence-corrected chi connectivity index (χ1v) is 13.3. The molecule has 0 unspecified atom stereocenters. The molecule has 2 amide bonds. The molecule has 2 aromatic rings. The van der Waals surface area contributed by atoms with Crippen LogP contribution in [-0.2, 0) is 9.53 Å². The molecule has 1 N–H and O–H groups in total. The van der Waals surface area contributed by atoms with E-state index in [0.29, 0.717) is 18.0 Å². The van der Waals surface area contributed by atoms with Crippen molar-refractivity contribution in [2.75, 3.05) is 36.4 Å². The summed E-state index contributed by atoms with van der Waals surface area (Å²) in [6.45, 7) is 9.06. The molecule has 1 aromatic carbocycles. The Morgan fingerprint density at radius 1 is 1.06 bits per heavy atom. The smallest absolute Gasteiger partial charge is 0.418 e. The molecule has 1 aromatic heterocycles. The van der Waals surface area contributed by atoms with Crippen LogP contribution in [0.1, 0.15) is 72.1 Å². The van der Waals surface area contributed by atoms with Crippen LogP contribution in [0.3, 0.4) is 0 Å². The minimum Gasteiger partial charge on any atom is -0.443 e. The maximum atomic E-state index is 13.0. The highest BCUT2D eigenvalue weighted by Crippen LogP contribution is 2.28. The number of anilines is 2. The van der Waals surface area contributed by atoms with Gasteiger partial charge in [-0.15, -0.1) is 5.10 Å². The minimum atomic E-state index is -0.635. The monoisotopic (exact) mass is 497 g/mol. The average Bonchev–Trinajstić information content (AvgIpc) is 3.55. The number of nitrogens with zero attached hydrogens (tertiary/aromatic N) is 4. The number of ether oxygens (including phenoxy) is 1. The molecule has 2 aliphatic rings. The van der Waals surface area contributed by atoms with Crippen molar-refractivity contribution in [1.29, 1.82) is 0 Å². The van der Waals surface area contributed by atoms with Gasteiger partial charge in [0, 0.05) is 23.7 Å². The lowest BCUT2D eigenvalue weighted by molar-refractivity contribution is -0.119. The fourth-order valence-electron chi connectivity index (χ4n) is 4.79. The van der Waals surface area contributed by atoms with Crippen LogP contribution >= 0.6 is 0 Å². The van der Waals surface area contributed by atoms with Crippen molar-refractivity contribution in [3.63, 3.8) is 0 Å². The van der Waals surface area contributed by atoms with Gasteiger partial charge in [-0.25, -0.2) is 9.69 Å². The van der Waals surface area contributed by atoms with Crippen LogP contribution in [0.25, 0.3) is 11.5 Å². The SMILES string of the molecule is CC(C)(C)OC(=O)N(CCCN1CCCCC1)c1nnc(-c2ccc(NC(=O)C3CCCC3)cc2)o1. The van der Waals surface area contributed by atoms with E-state index in [2.05, 4.69) is 20.4 Å². The number of hydrogen-bond acceptors (Lipinski definition) is 7. The van der Waals surface area contributed by atoms with E-state index in [9.17, 15) is 9.59 Å². The van der Waals surface area contributed by atoms with Gasteiger partial charge in [0.05, 0.1) is 0 Å². The van der Waals surface area contributed by atoms with Crippen molar-refractivity contribution in [3.8, 4) is 11.5 Å². The first kappa shape index (κ1) is 26.1. The fourth-order valence-corrected chi connectivity index (χ4v) is 4.79. The van der Waals surface area contributed by atoms with Gasteiger partial charge in [0.1, 0.15) is 5.60 Å². The van der Waals surface area contributed by atoms with Gasteiger partial charge in [0.2, 0.25) is 11.8 Å². The average molecular weight is 498 g/mol. The van der Waals surface area contributed by atoms with Crippen molar-refractivity contribution >= 4 is 23.7 Å². The van der Waals surface area contributed by atoms with Gasteiger partial charge in [-0.05, 0) is 96.8 Å². The first-order chi connectivity index (χ1) is 17.3. The number of amides is 2. The summed E-state index contributed by atoms with van der Waals surface area (Å²) < 4.78 is 11.5. The molecule has 0 atom stereocenters. The summed E-state index contributed by atoms with van der Waals surface area (Å²) in [6, 6.07) is 7.44. The van der Waals surface area contributed by atoms with E-state index in [0.717, 1.165) is 57.4 Å². The molecular formula is C27H39N5O4. The summed E-state index contributed by atoms with van der Waals surface area (Å²) in [7, 11) is 0. The van der Waals surface area contributed by atoms with Gasteiger partial charge >= 0.3 is 12.1 Å². The molecule has 0 radical (unpaired) electrons. The fraction of sp³-hybridized carbons (Fsp3) is 0.630. The molecule has 36 heavy (non-hydrogen) atoms. The summed E-state index contributed by atoms with van der Waals surface area (Å²) in [4.78, 5) is 29.2. The number of benzene rings is 1. The number of carbonyl (C=O) groups is 2. The third-order valence-corrected chi connectivity index (χ3v) is 6.69. The van der Waals surface area contributed by atoms with Crippen molar-refractivity contribution in [2.45, 2.75) is 77.7 Å². The van der Waals surface area contributed by atoms with Crippen LogP contribution in [0.15, 0.2) is 28.7 Å². The van der Waals surface area contributed by atoms with Crippen LogP contribution in [0.5, 0.6) is 0 Å². The molecule has 196 valence electrons. The standard InChI is InChI=1S/C27H39N5O4/c1-27(2,3)36-26(34)32(19-9-18-31-16-7-4-8-17-31)25-30-29-24(35-25)21-12-14-22(15-13-21)28-23(33)20-10-5-6-11-20/h12-15,20H,4-11,16-19H2,1-3H3,(H,28,33). The lowest BCUT2D eigenvalue weighted by atomic mass is 10.1. The van der Waals surface area contributed by atoms with Crippen molar-refractivity contribution in [3.05, 3.63) is 24.3 Å². The highest BCUT2D eigenvalue weighted by molar-refractivity contribution is 5.92. The second-order valence-electron chi connectivity index (χ2n) is 10.8. The Kier molecular flexibility index (Phi) is 8.61. The molecule has 0 bridgehead atoms. The molecular weight excluding hydrogens is 458 g/mol. The molecule has 4 rings (SSSR count). The molecule has 0 spiro atoms. The lowest BCUT2D eigenvalue weighted by Crippen LogP contribution is -2.39. The van der Waals surface area contributed by atoms with E-state index in [1.165, 1.54) is 24.2 Å². The second kappa shape index (κ2) is 11.9. The Morgan fingerprint density at radius 2 is 1.75 bits per heavy atom. The Balaban J connectivity index is 1.41. The lowest BCUT2D eigenvalue weighted by Gasteiger charge is -2.28. The maximum absolute atomic E-state index is 13.0. The van der Waals surface area contributed by atoms with E-state index >= 15 is 0 Å². The van der Waals surface area contributed by atoms with Gasteiger partial charge in [-0.2, -0.15) is 0 Å². The van der Waals surface area contributed by atoms with E-state index in [4.69, 9.17) is 9.15 Å². The van der Waals surface area contributed by atoms with Crippen LogP contribution in [0.4, 0.5) is 16.5 Å². The predicted molar refractivity (Wildman–Crippen MR) is 139 cm³/mol. The highest BCUT2D eigenvalue weighted by atomic mass is 16.6. The van der Waals surface area contributed by atoms with Crippen LogP contribution < -0.4 is 10.2 Å². The number of carbonyl (C=O) groups excluding carboxylic acids is 2. The van der Waals surface area contributed by atoms with E-state index in [1.807, 2.05) is 45.0 Å². The Hall–Kier alpha value is -2.94. The third-order valence-electron chi connectivity index (χ3n) is 6.69. The van der Waals surface area contributed by atoms with E-state index < -0.39 is 11.7 Å². The van der Waals surface area contributed by atoms with Crippen molar-refractivity contribution < 1.29 is 18.7 Å². The number of nitrogens with one attached hydrogen (secondary N) is 1. The summed E-state index contributed by atoms with van der Waals surface area (Å²) in [5, 5.41) is 11.3. The van der Waals surface area contributed by atoms with Crippen molar-refractivity contribution in [1.82, 2.24) is 15.1 Å². The summed E-state index contributed by atoms with van der Waals surface area (Å²) >= 11 is 0. The number of aromatic nitrogens is 2. The zero-order chi connectivity index (χ0) is 25.5. The molecule has 1 saturated carbocycles. The van der Waals surface area contributed by atoms with Crippen LogP contribution in [-0.4, -0.2) is 58.9 Å². The number of piperidine rings is 1. The zero-order valence-corrected chi connectivity index (χ0v) is 21.8. The quantitative estimate of drug-likeness (QED) is 0.515. The Labute approximate surface area is 213 Å². The maximum Gasteiger partial charge on any atom is 0.418 e. The van der Waals surface area contributed by atoms with Gasteiger partial charge in [0.25, 0.3) is 0 Å². The Bertz CT molecular complexity index is 1000. The van der Waals surface area contributed by atoms with Gasteiger partial charge in [-0.1, -0.05) is 24.4 Å². The van der Waals surface area contributed by atoms with Crippen LogP contribution in [0, 0.1) is 5.92 Å². The summed E-state index contributed by atoms with van der Waals surface area (Å²) in [5.74, 6) is 0.498. The zero-order valence-electron chi connectivity index (χ0n) is 21.8. The normalized spacial score (nSPS) is 17.2. The highest BCUT2D eigenvalue weighted by Gasteiger charge is 2.28. The molecule has 1 aliphatic heterocycles. The Morgan fingerprint density at radius 3 is 2.42 bits per heavy atom. The second-order valence-corrected chi connectivity index (χ2v) is 10.8. The van der Waals surface area contributed by atoms with E-state index in [1.54, 1.807) is 0 Å².